The van der Waals surface area contributed by atoms with E-state index in [-0.39, 0.29) is 22.9 Å². The SMILES string of the molecule is CNc1nc(NC2CCN(Cc3ccc4c(cc(C#N)n4C[C@H](C)N4CCC(CC(N)=O)CC4)c3C)CC2)c2cc(CC(F)(F)F)sc2n1. The minimum atomic E-state index is -4.28. The Labute approximate surface area is 288 Å². The molecule has 3 aromatic heterocycles. The maximum Gasteiger partial charge on any atom is 0.393 e. The fraction of sp³-hybridized carbons (Fsp3) is 0.543. The maximum atomic E-state index is 13.1. The van der Waals surface area contributed by atoms with Gasteiger partial charge >= 0.3 is 6.18 Å². The van der Waals surface area contributed by atoms with Gasteiger partial charge in [-0.15, -0.1) is 11.3 Å². The van der Waals surface area contributed by atoms with Crippen LogP contribution in [0.4, 0.5) is 24.9 Å². The summed E-state index contributed by atoms with van der Waals surface area (Å²) in [5.74, 6) is 1.08. The van der Waals surface area contributed by atoms with E-state index in [0.29, 0.717) is 40.0 Å². The van der Waals surface area contributed by atoms with Gasteiger partial charge < -0.3 is 20.9 Å². The number of carbonyl (C=O) groups is 1. The summed E-state index contributed by atoms with van der Waals surface area (Å²) < 4.78 is 41.4. The molecular weight excluding hydrogens is 652 g/mol. The average molecular weight is 696 g/mol. The van der Waals surface area contributed by atoms with Gasteiger partial charge in [-0.2, -0.15) is 23.4 Å². The van der Waals surface area contributed by atoms with Gasteiger partial charge in [0, 0.05) is 67.5 Å². The number of anilines is 2. The molecule has 1 atom stereocenters. The number of amides is 1. The molecule has 0 saturated carbocycles. The number of nitrogens with zero attached hydrogens (tertiary/aromatic N) is 6. The summed E-state index contributed by atoms with van der Waals surface area (Å²) in [6, 6.07) is 10.7. The standard InChI is InChI=1S/C35H44F3N9OS/c1-21(46-12-6-23(7-13-46)14-31(40)48)19-47-26(18-39)15-28-22(2)24(4-5-30(28)47)20-45-10-8-25(9-11-45)42-32-29-16-27(17-35(36,37)38)49-33(29)44-34(41-3)43-32/h4-5,15-16,21,23,25H,6-14,17,19-20H2,1-3H3,(H2,40,48)(H2,41,42,43,44)/t21-/m0/s1. The molecule has 0 unspecified atom stereocenters. The number of thiophene rings is 1. The molecule has 2 fully saturated rings. The number of halogens is 3. The van der Waals surface area contributed by atoms with Gasteiger partial charge in [0.25, 0.3) is 0 Å². The number of hydrogen-bond acceptors (Lipinski definition) is 9. The first kappa shape index (κ1) is 34.9. The molecule has 14 heteroatoms. The van der Waals surface area contributed by atoms with Crippen molar-refractivity contribution >= 4 is 50.1 Å². The van der Waals surface area contributed by atoms with Crippen LogP contribution in [0.15, 0.2) is 24.3 Å². The van der Waals surface area contributed by atoms with E-state index >= 15 is 0 Å². The third-order valence-corrected chi connectivity index (χ3v) is 11.2. The van der Waals surface area contributed by atoms with E-state index in [1.54, 1.807) is 13.1 Å². The van der Waals surface area contributed by atoms with Crippen LogP contribution in [-0.4, -0.2) is 81.7 Å². The molecule has 5 heterocycles. The van der Waals surface area contributed by atoms with Gasteiger partial charge in [-0.3, -0.25) is 14.6 Å². The number of likely N-dealkylation sites (tertiary alicyclic amines) is 2. The summed E-state index contributed by atoms with van der Waals surface area (Å²) in [5, 5.41) is 18.2. The Morgan fingerprint density at radius 3 is 2.51 bits per heavy atom. The fourth-order valence-electron chi connectivity index (χ4n) is 7.39. The third kappa shape index (κ3) is 8.11. The minimum absolute atomic E-state index is 0.136. The largest absolute Gasteiger partial charge is 0.393 e. The van der Waals surface area contributed by atoms with Crippen molar-refractivity contribution < 1.29 is 18.0 Å². The van der Waals surface area contributed by atoms with Gasteiger partial charge in [-0.1, -0.05) is 6.07 Å². The Hall–Kier alpha value is -3.93. The lowest BCUT2D eigenvalue weighted by molar-refractivity contribution is -0.126. The molecule has 2 aliphatic heterocycles. The van der Waals surface area contributed by atoms with Crippen molar-refractivity contribution in [3.05, 3.63) is 46.0 Å². The van der Waals surface area contributed by atoms with Crippen LogP contribution in [0, 0.1) is 24.2 Å². The molecule has 1 aromatic carbocycles. The molecule has 262 valence electrons. The summed E-state index contributed by atoms with van der Waals surface area (Å²) in [4.78, 5) is 25.9. The van der Waals surface area contributed by atoms with E-state index in [4.69, 9.17) is 5.73 Å². The summed E-state index contributed by atoms with van der Waals surface area (Å²) in [6.45, 7) is 9.44. The lowest BCUT2D eigenvalue weighted by Gasteiger charge is -2.36. The zero-order valence-corrected chi connectivity index (χ0v) is 29.1. The summed E-state index contributed by atoms with van der Waals surface area (Å²) in [7, 11) is 1.70. The lowest BCUT2D eigenvalue weighted by atomic mass is 9.92. The van der Waals surface area contributed by atoms with Crippen LogP contribution in [0.3, 0.4) is 0 Å². The van der Waals surface area contributed by atoms with Crippen molar-refractivity contribution in [2.75, 3.05) is 43.9 Å². The van der Waals surface area contributed by atoms with Crippen LogP contribution in [-0.2, 0) is 24.3 Å². The minimum Gasteiger partial charge on any atom is -0.370 e. The normalized spacial score (nSPS) is 17.8. The Morgan fingerprint density at radius 2 is 1.86 bits per heavy atom. The number of nitriles is 1. The Kier molecular flexibility index (Phi) is 10.3. The van der Waals surface area contributed by atoms with Crippen LogP contribution in [0.25, 0.3) is 21.1 Å². The molecule has 4 aromatic rings. The molecule has 2 aliphatic rings. The number of aryl methyl sites for hydroxylation is 1. The third-order valence-electron chi connectivity index (χ3n) is 10.2. The second kappa shape index (κ2) is 14.5. The smallest absolute Gasteiger partial charge is 0.370 e. The predicted octanol–water partition coefficient (Wildman–Crippen LogP) is 6.03. The van der Waals surface area contributed by atoms with E-state index in [1.807, 2.05) is 6.07 Å². The van der Waals surface area contributed by atoms with Crippen molar-refractivity contribution in [2.45, 2.75) is 83.7 Å². The number of benzene rings is 1. The summed E-state index contributed by atoms with van der Waals surface area (Å²) >= 11 is 1.05. The molecule has 6 rings (SSSR count). The first-order valence-corrected chi connectivity index (χ1v) is 17.8. The highest BCUT2D eigenvalue weighted by atomic mass is 32.1. The second-order valence-electron chi connectivity index (χ2n) is 13.6. The van der Waals surface area contributed by atoms with Gasteiger partial charge in [-0.25, -0.2) is 4.98 Å². The number of hydrogen-bond donors (Lipinski definition) is 3. The molecular formula is C35H44F3N9OS. The highest BCUT2D eigenvalue weighted by Gasteiger charge is 2.30. The molecule has 0 bridgehead atoms. The molecule has 0 radical (unpaired) electrons. The number of alkyl halides is 3. The highest BCUT2D eigenvalue weighted by molar-refractivity contribution is 7.18. The number of fused-ring (bicyclic) bond motifs is 2. The van der Waals surface area contributed by atoms with Crippen LogP contribution in [0.1, 0.15) is 60.7 Å². The topological polar surface area (TPSA) is 128 Å². The summed E-state index contributed by atoms with van der Waals surface area (Å²) in [5.41, 5.74) is 9.56. The molecule has 0 aliphatic carbocycles. The van der Waals surface area contributed by atoms with Crippen molar-refractivity contribution in [3.8, 4) is 6.07 Å². The number of rotatable bonds is 11. The zero-order valence-electron chi connectivity index (χ0n) is 28.2. The first-order valence-electron chi connectivity index (χ1n) is 17.0. The number of piperidine rings is 2. The number of aromatic nitrogens is 3. The van der Waals surface area contributed by atoms with E-state index in [0.717, 1.165) is 87.2 Å². The van der Waals surface area contributed by atoms with Crippen molar-refractivity contribution in [3.63, 3.8) is 0 Å². The van der Waals surface area contributed by atoms with Crippen LogP contribution >= 0.6 is 11.3 Å². The van der Waals surface area contributed by atoms with Crippen LogP contribution in [0.5, 0.6) is 0 Å². The molecule has 4 N–H and O–H groups in total. The van der Waals surface area contributed by atoms with Gasteiger partial charge in [-0.05, 0) is 87.9 Å². The van der Waals surface area contributed by atoms with Crippen molar-refractivity contribution in [2.24, 2.45) is 11.7 Å². The Morgan fingerprint density at radius 1 is 1.12 bits per heavy atom. The van der Waals surface area contributed by atoms with Crippen LogP contribution in [0.2, 0.25) is 0 Å². The molecule has 10 nitrogen and oxygen atoms in total. The second-order valence-corrected chi connectivity index (χ2v) is 14.7. The Balaban J connectivity index is 1.09. The summed E-state index contributed by atoms with van der Waals surface area (Å²) in [6.07, 6.45) is -1.14. The highest BCUT2D eigenvalue weighted by Crippen LogP contribution is 2.35. The quantitative estimate of drug-likeness (QED) is 0.174. The van der Waals surface area contributed by atoms with Gasteiger partial charge in [0.2, 0.25) is 11.9 Å². The lowest BCUT2D eigenvalue weighted by Crippen LogP contribution is -2.42. The monoisotopic (exact) mass is 695 g/mol. The zero-order chi connectivity index (χ0) is 34.9. The van der Waals surface area contributed by atoms with E-state index in [9.17, 15) is 23.2 Å². The van der Waals surface area contributed by atoms with Crippen molar-refractivity contribution in [1.82, 2.24) is 24.3 Å². The number of nitrogens with two attached hydrogens (primary N) is 1. The molecule has 1 amide bonds. The van der Waals surface area contributed by atoms with Crippen LogP contribution < -0.4 is 16.4 Å². The maximum absolute atomic E-state index is 13.1. The fourth-order valence-corrected chi connectivity index (χ4v) is 8.45. The molecule has 0 spiro atoms. The van der Waals surface area contributed by atoms with E-state index < -0.39 is 12.6 Å². The number of nitrogens with one attached hydrogen (secondary N) is 2. The van der Waals surface area contributed by atoms with Gasteiger partial charge in [0.1, 0.15) is 22.4 Å². The average Bonchev–Trinajstić information content (AvgIpc) is 3.63. The number of carbonyl (C=O) groups excluding carboxylic acids is 1. The molecule has 2 saturated heterocycles. The first-order chi connectivity index (χ1) is 23.4. The predicted molar refractivity (Wildman–Crippen MR) is 188 cm³/mol. The van der Waals surface area contributed by atoms with E-state index in [1.165, 1.54) is 11.1 Å². The van der Waals surface area contributed by atoms with E-state index in [2.05, 4.69) is 67.0 Å². The molecule has 49 heavy (non-hydrogen) atoms. The van der Waals surface area contributed by atoms with Gasteiger partial charge in [0.05, 0.1) is 11.8 Å². The van der Waals surface area contributed by atoms with Crippen molar-refractivity contribution in [1.29, 1.82) is 5.26 Å². The Bertz CT molecular complexity index is 1850. The van der Waals surface area contributed by atoms with Gasteiger partial charge in [0.15, 0.2) is 0 Å². The number of primary amides is 1.